The highest BCUT2D eigenvalue weighted by Crippen LogP contribution is 2.32. The third-order valence-electron chi connectivity index (χ3n) is 4.64. The fourth-order valence-electron chi connectivity index (χ4n) is 3.21. The molecule has 7 heteroatoms. The van der Waals surface area contributed by atoms with E-state index >= 15 is 0 Å². The second-order valence-electron chi connectivity index (χ2n) is 6.81. The molecule has 0 saturated heterocycles. The molecule has 1 N–H and O–H groups in total. The fourth-order valence-corrected chi connectivity index (χ4v) is 3.43. The number of aryl methyl sites for hydroxylation is 1. The zero-order valence-electron chi connectivity index (χ0n) is 16.0. The second kappa shape index (κ2) is 8.00. The first-order valence-corrected chi connectivity index (χ1v) is 9.58. The average molecular weight is 421 g/mol. The van der Waals surface area contributed by atoms with E-state index in [1.165, 1.54) is 6.07 Å². The molecule has 0 saturated carbocycles. The molecule has 1 aliphatic rings. The first-order valence-electron chi connectivity index (χ1n) is 9.21. The lowest BCUT2D eigenvalue weighted by molar-refractivity contribution is -0.118. The van der Waals surface area contributed by atoms with Crippen LogP contribution in [0.1, 0.15) is 26.3 Å². The summed E-state index contributed by atoms with van der Waals surface area (Å²) < 4.78 is 5.48. The molecule has 0 unspecified atom stereocenters. The quantitative estimate of drug-likeness (QED) is 0.618. The van der Waals surface area contributed by atoms with Gasteiger partial charge in [0.05, 0.1) is 27.5 Å². The number of ether oxygens (including phenoxy) is 1. The number of carbonyl (C=O) groups is 3. The van der Waals surface area contributed by atoms with E-state index in [9.17, 15) is 14.4 Å². The Labute approximate surface area is 178 Å². The zero-order chi connectivity index (χ0) is 21.3. The van der Waals surface area contributed by atoms with Gasteiger partial charge < -0.3 is 10.1 Å². The van der Waals surface area contributed by atoms with Crippen molar-refractivity contribution in [3.8, 4) is 5.75 Å². The lowest BCUT2D eigenvalue weighted by Gasteiger charge is -2.16. The Bertz CT molecular complexity index is 1140. The maximum atomic E-state index is 12.6. The number of nitrogens with one attached hydrogen (secondary N) is 1. The Morgan fingerprint density at radius 2 is 1.67 bits per heavy atom. The normalized spacial score (nSPS) is 12.7. The van der Waals surface area contributed by atoms with Crippen LogP contribution in [-0.4, -0.2) is 24.3 Å². The number of amides is 3. The highest BCUT2D eigenvalue weighted by molar-refractivity contribution is 6.36. The van der Waals surface area contributed by atoms with E-state index in [1.807, 2.05) is 25.1 Å². The van der Waals surface area contributed by atoms with Crippen LogP contribution in [0.3, 0.4) is 0 Å². The van der Waals surface area contributed by atoms with Crippen LogP contribution < -0.4 is 15.0 Å². The maximum Gasteiger partial charge on any atom is 0.266 e. The molecule has 150 valence electrons. The van der Waals surface area contributed by atoms with Crippen molar-refractivity contribution in [1.82, 2.24) is 0 Å². The Morgan fingerprint density at radius 1 is 0.967 bits per heavy atom. The van der Waals surface area contributed by atoms with Crippen LogP contribution in [0, 0.1) is 6.92 Å². The minimum atomic E-state index is -0.407. The average Bonchev–Trinajstić information content (AvgIpc) is 2.99. The zero-order valence-corrected chi connectivity index (χ0v) is 16.8. The van der Waals surface area contributed by atoms with E-state index in [-0.39, 0.29) is 17.5 Å². The van der Waals surface area contributed by atoms with E-state index < -0.39 is 11.8 Å². The molecule has 0 spiro atoms. The van der Waals surface area contributed by atoms with E-state index in [2.05, 4.69) is 5.32 Å². The predicted octanol–water partition coefficient (Wildman–Crippen LogP) is 4.47. The van der Waals surface area contributed by atoms with Gasteiger partial charge in [0.2, 0.25) is 0 Å². The van der Waals surface area contributed by atoms with Crippen LogP contribution in [0.25, 0.3) is 0 Å². The summed E-state index contributed by atoms with van der Waals surface area (Å²) in [5.74, 6) is -0.603. The number of benzene rings is 3. The van der Waals surface area contributed by atoms with Crippen molar-refractivity contribution >= 4 is 40.7 Å². The van der Waals surface area contributed by atoms with E-state index in [4.69, 9.17) is 16.3 Å². The summed E-state index contributed by atoms with van der Waals surface area (Å²) in [6.07, 6.45) is 0. The molecule has 0 aliphatic carbocycles. The first-order chi connectivity index (χ1) is 14.4. The van der Waals surface area contributed by atoms with Gasteiger partial charge in [0.1, 0.15) is 5.75 Å². The largest absolute Gasteiger partial charge is 0.484 e. The lowest BCUT2D eigenvalue weighted by Crippen LogP contribution is -2.29. The van der Waals surface area contributed by atoms with E-state index in [1.54, 1.807) is 42.5 Å². The van der Waals surface area contributed by atoms with Crippen molar-refractivity contribution < 1.29 is 19.1 Å². The number of rotatable bonds is 5. The van der Waals surface area contributed by atoms with Gasteiger partial charge in [0, 0.05) is 0 Å². The van der Waals surface area contributed by atoms with Gasteiger partial charge in [-0.2, -0.15) is 0 Å². The monoisotopic (exact) mass is 420 g/mol. The Balaban J connectivity index is 1.45. The predicted molar refractivity (Wildman–Crippen MR) is 114 cm³/mol. The Kier molecular flexibility index (Phi) is 5.25. The van der Waals surface area contributed by atoms with Crippen LogP contribution >= 0.6 is 11.6 Å². The highest BCUT2D eigenvalue weighted by atomic mass is 35.5. The summed E-state index contributed by atoms with van der Waals surface area (Å²) in [4.78, 5) is 38.5. The number of carbonyl (C=O) groups excluding carboxylic acids is 3. The molecule has 0 atom stereocenters. The van der Waals surface area contributed by atoms with Crippen molar-refractivity contribution in [1.29, 1.82) is 0 Å². The van der Waals surface area contributed by atoms with Crippen molar-refractivity contribution in [2.24, 2.45) is 0 Å². The molecule has 1 heterocycles. The molecule has 1 aliphatic heterocycles. The third kappa shape index (κ3) is 3.77. The van der Waals surface area contributed by atoms with Crippen molar-refractivity contribution in [2.45, 2.75) is 6.92 Å². The first kappa shape index (κ1) is 19.7. The molecular weight excluding hydrogens is 404 g/mol. The number of halogens is 1. The summed E-state index contributed by atoms with van der Waals surface area (Å²) >= 11 is 6.29. The van der Waals surface area contributed by atoms with Gasteiger partial charge in [-0.3, -0.25) is 14.4 Å². The molecule has 0 fully saturated rings. The summed E-state index contributed by atoms with van der Waals surface area (Å²) in [5, 5.41) is 2.87. The number of hydrogen-bond donors (Lipinski definition) is 1. The van der Waals surface area contributed by atoms with Crippen molar-refractivity contribution in [3.63, 3.8) is 0 Å². The highest BCUT2D eigenvalue weighted by Gasteiger charge is 2.36. The van der Waals surface area contributed by atoms with Crippen molar-refractivity contribution in [3.05, 3.63) is 88.4 Å². The van der Waals surface area contributed by atoms with Gasteiger partial charge in [-0.15, -0.1) is 0 Å². The van der Waals surface area contributed by atoms with E-state index in [0.717, 1.165) is 10.5 Å². The maximum absolute atomic E-state index is 12.6. The van der Waals surface area contributed by atoms with E-state index in [0.29, 0.717) is 28.3 Å². The van der Waals surface area contributed by atoms with Crippen LogP contribution in [0.5, 0.6) is 5.75 Å². The van der Waals surface area contributed by atoms with Gasteiger partial charge in [-0.05, 0) is 55.0 Å². The van der Waals surface area contributed by atoms with Gasteiger partial charge in [0.25, 0.3) is 17.7 Å². The molecule has 6 nitrogen and oxygen atoms in total. The standard InChI is InChI=1S/C23H17ClN2O4/c1-14-5-4-6-16(11-14)30-13-21(27)25-20-10-9-15(12-19(20)24)26-22(28)17-7-2-3-8-18(17)23(26)29/h2-12H,13H2,1H3,(H,25,27). The van der Waals surface area contributed by atoms with Crippen LogP contribution in [-0.2, 0) is 4.79 Å². The Morgan fingerprint density at radius 3 is 2.30 bits per heavy atom. The minimum Gasteiger partial charge on any atom is -0.484 e. The van der Waals surface area contributed by atoms with Crippen molar-refractivity contribution in [2.75, 3.05) is 16.8 Å². The third-order valence-corrected chi connectivity index (χ3v) is 4.95. The van der Waals surface area contributed by atoms with Crippen LogP contribution in [0.15, 0.2) is 66.7 Å². The van der Waals surface area contributed by atoms with Crippen LogP contribution in [0.4, 0.5) is 11.4 Å². The Hall–Kier alpha value is -3.64. The molecule has 0 radical (unpaired) electrons. The SMILES string of the molecule is Cc1cccc(OCC(=O)Nc2ccc(N3C(=O)c4ccccc4C3=O)cc2Cl)c1. The van der Waals surface area contributed by atoms with Gasteiger partial charge >= 0.3 is 0 Å². The molecule has 3 amide bonds. The topological polar surface area (TPSA) is 75.7 Å². The number of imide groups is 1. The van der Waals surface area contributed by atoms with Gasteiger partial charge in [-0.25, -0.2) is 4.90 Å². The number of hydrogen-bond acceptors (Lipinski definition) is 4. The summed E-state index contributed by atoms with van der Waals surface area (Å²) in [7, 11) is 0. The molecule has 0 bridgehead atoms. The lowest BCUT2D eigenvalue weighted by atomic mass is 10.1. The smallest absolute Gasteiger partial charge is 0.266 e. The summed E-state index contributed by atoms with van der Waals surface area (Å²) in [6.45, 7) is 1.75. The molecular formula is C23H17ClN2O4. The number of nitrogens with zero attached hydrogens (tertiary/aromatic N) is 1. The second-order valence-corrected chi connectivity index (χ2v) is 7.22. The number of anilines is 2. The minimum absolute atomic E-state index is 0.181. The van der Waals surface area contributed by atoms with Gasteiger partial charge in [-0.1, -0.05) is 35.9 Å². The van der Waals surface area contributed by atoms with Crippen LogP contribution in [0.2, 0.25) is 5.02 Å². The molecule has 3 aromatic rings. The summed E-state index contributed by atoms with van der Waals surface area (Å²) in [6, 6.07) is 18.6. The molecule has 30 heavy (non-hydrogen) atoms. The summed E-state index contributed by atoms with van der Waals surface area (Å²) in [5.41, 5.74) is 2.42. The fraction of sp³-hybridized carbons (Fsp3) is 0.0870. The molecule has 3 aromatic carbocycles. The van der Waals surface area contributed by atoms with Gasteiger partial charge in [0.15, 0.2) is 6.61 Å². The molecule has 0 aromatic heterocycles. The number of fused-ring (bicyclic) bond motifs is 1. The molecule has 4 rings (SSSR count).